The van der Waals surface area contributed by atoms with Crippen LogP contribution in [0.15, 0.2) is 48.5 Å². The fourth-order valence-corrected chi connectivity index (χ4v) is 3.45. The smallest absolute Gasteiger partial charge is 0.260 e. The number of hydrogen-bond acceptors (Lipinski definition) is 5. The van der Waals surface area contributed by atoms with Crippen LogP contribution >= 0.6 is 0 Å². The molecule has 0 atom stereocenters. The Hall–Kier alpha value is -3.22. The third-order valence-electron chi connectivity index (χ3n) is 5.16. The van der Waals surface area contributed by atoms with E-state index >= 15 is 0 Å². The largest absolute Gasteiger partial charge is 0.497 e. The van der Waals surface area contributed by atoms with Crippen LogP contribution in [0.25, 0.3) is 0 Å². The maximum atomic E-state index is 12.5. The number of hydrogen-bond donors (Lipinski definition) is 1. The predicted octanol–water partition coefficient (Wildman–Crippen LogP) is 2.43. The molecule has 7 heteroatoms. The molecule has 0 unspecified atom stereocenters. The number of carbonyl (C=O) groups excluding carboxylic acids is 2. The number of amides is 2. The van der Waals surface area contributed by atoms with E-state index in [-0.39, 0.29) is 24.5 Å². The summed E-state index contributed by atoms with van der Waals surface area (Å²) in [6.07, 6.45) is 1.79. The fraction of sp³-hybridized carbons (Fsp3) is 0.391. The predicted molar refractivity (Wildman–Crippen MR) is 113 cm³/mol. The molecule has 0 spiro atoms. The highest BCUT2D eigenvalue weighted by Gasteiger charge is 2.24. The summed E-state index contributed by atoms with van der Waals surface area (Å²) in [5.74, 6) is 1.84. The minimum Gasteiger partial charge on any atom is -0.497 e. The summed E-state index contributed by atoms with van der Waals surface area (Å²) in [7, 11) is 3.18. The summed E-state index contributed by atoms with van der Waals surface area (Å²) in [4.78, 5) is 26.6. The van der Waals surface area contributed by atoms with Crippen molar-refractivity contribution in [3.05, 3.63) is 54.1 Å². The number of piperidine rings is 1. The summed E-state index contributed by atoms with van der Waals surface area (Å²) in [6.45, 7) is 1.16. The van der Waals surface area contributed by atoms with Gasteiger partial charge in [-0.2, -0.15) is 0 Å². The van der Waals surface area contributed by atoms with E-state index < -0.39 is 0 Å². The molecule has 0 bridgehead atoms. The fourth-order valence-electron chi connectivity index (χ4n) is 3.45. The van der Waals surface area contributed by atoms with Gasteiger partial charge in [0.15, 0.2) is 18.1 Å². The Morgan fingerprint density at radius 3 is 2.27 bits per heavy atom. The Kier molecular flexibility index (Phi) is 7.54. The molecular weight excluding hydrogens is 384 g/mol. The molecule has 1 heterocycles. The van der Waals surface area contributed by atoms with Gasteiger partial charge in [-0.1, -0.05) is 24.3 Å². The van der Waals surface area contributed by atoms with Crippen LogP contribution in [0.4, 0.5) is 0 Å². The number of nitrogens with one attached hydrogen (secondary N) is 1. The van der Waals surface area contributed by atoms with Crippen LogP contribution in [0.3, 0.4) is 0 Å². The number of likely N-dealkylation sites (tertiary alicyclic amines) is 1. The van der Waals surface area contributed by atoms with Crippen molar-refractivity contribution < 1.29 is 23.8 Å². The van der Waals surface area contributed by atoms with Crippen LogP contribution in [0, 0.1) is 0 Å². The van der Waals surface area contributed by atoms with Gasteiger partial charge in [-0.3, -0.25) is 9.59 Å². The molecule has 3 rings (SSSR count). The number of benzene rings is 2. The third kappa shape index (κ3) is 5.89. The molecule has 160 valence electrons. The number of nitrogens with zero attached hydrogens (tertiary/aromatic N) is 1. The van der Waals surface area contributed by atoms with Crippen LogP contribution in [-0.2, 0) is 16.0 Å². The summed E-state index contributed by atoms with van der Waals surface area (Å²) in [6, 6.07) is 14.8. The van der Waals surface area contributed by atoms with Crippen molar-refractivity contribution in [3.8, 4) is 17.2 Å². The summed E-state index contributed by atoms with van der Waals surface area (Å²) in [5, 5.41) is 3.07. The van der Waals surface area contributed by atoms with Crippen LogP contribution in [0.2, 0.25) is 0 Å². The molecule has 1 fully saturated rings. The molecule has 7 nitrogen and oxygen atoms in total. The highest BCUT2D eigenvalue weighted by molar-refractivity contribution is 5.79. The molecule has 1 aliphatic rings. The van der Waals surface area contributed by atoms with E-state index in [9.17, 15) is 9.59 Å². The van der Waals surface area contributed by atoms with Crippen LogP contribution in [0.1, 0.15) is 18.4 Å². The molecule has 0 radical (unpaired) electrons. The topological polar surface area (TPSA) is 77.1 Å². The number of carbonyl (C=O) groups is 2. The van der Waals surface area contributed by atoms with E-state index in [0.29, 0.717) is 31.0 Å². The standard InChI is InChI=1S/C23H28N2O5/c1-28-19-9-7-17(8-10-19)15-22(26)24-18-11-13-25(14-12-18)23(27)16-30-21-6-4-3-5-20(21)29-2/h3-10,18H,11-16H2,1-2H3,(H,24,26). The zero-order valence-electron chi connectivity index (χ0n) is 17.4. The molecule has 0 aromatic heterocycles. The van der Waals surface area contributed by atoms with Gasteiger partial charge >= 0.3 is 0 Å². The van der Waals surface area contributed by atoms with Gasteiger partial charge in [-0.25, -0.2) is 0 Å². The van der Waals surface area contributed by atoms with E-state index in [1.54, 1.807) is 31.3 Å². The van der Waals surface area contributed by atoms with Gasteiger partial charge in [-0.15, -0.1) is 0 Å². The van der Waals surface area contributed by atoms with Crippen molar-refractivity contribution >= 4 is 11.8 Å². The van der Waals surface area contributed by atoms with Crippen molar-refractivity contribution in [2.45, 2.75) is 25.3 Å². The van der Waals surface area contributed by atoms with E-state index in [0.717, 1.165) is 24.2 Å². The molecule has 2 amide bonds. The van der Waals surface area contributed by atoms with Crippen molar-refractivity contribution in [2.24, 2.45) is 0 Å². The number of para-hydroxylation sites is 2. The number of rotatable bonds is 8. The summed E-state index contributed by atoms with van der Waals surface area (Å²) >= 11 is 0. The van der Waals surface area contributed by atoms with Crippen molar-refractivity contribution in [2.75, 3.05) is 33.9 Å². The minimum atomic E-state index is -0.0658. The molecule has 0 saturated carbocycles. The normalized spacial score (nSPS) is 14.1. The van der Waals surface area contributed by atoms with Gasteiger partial charge in [0.1, 0.15) is 5.75 Å². The average molecular weight is 412 g/mol. The first-order chi connectivity index (χ1) is 14.6. The number of ether oxygens (including phenoxy) is 3. The van der Waals surface area contributed by atoms with E-state index in [1.807, 2.05) is 36.4 Å². The molecule has 1 aliphatic heterocycles. The molecule has 2 aromatic rings. The lowest BCUT2D eigenvalue weighted by atomic mass is 10.0. The van der Waals surface area contributed by atoms with E-state index in [4.69, 9.17) is 14.2 Å². The van der Waals surface area contributed by atoms with Gasteiger partial charge in [0.25, 0.3) is 5.91 Å². The van der Waals surface area contributed by atoms with Gasteiger partial charge in [0.05, 0.1) is 20.6 Å². The summed E-state index contributed by atoms with van der Waals surface area (Å²) < 4.78 is 16.0. The molecule has 30 heavy (non-hydrogen) atoms. The van der Waals surface area contributed by atoms with Crippen LogP contribution in [0.5, 0.6) is 17.2 Å². The second kappa shape index (κ2) is 10.5. The Labute approximate surface area is 176 Å². The maximum absolute atomic E-state index is 12.5. The maximum Gasteiger partial charge on any atom is 0.260 e. The van der Waals surface area contributed by atoms with Crippen LogP contribution < -0.4 is 19.5 Å². The van der Waals surface area contributed by atoms with Gasteiger partial charge in [-0.05, 0) is 42.7 Å². The first-order valence-corrected chi connectivity index (χ1v) is 10.0. The molecule has 1 saturated heterocycles. The lowest BCUT2D eigenvalue weighted by Crippen LogP contribution is -2.48. The highest BCUT2D eigenvalue weighted by atomic mass is 16.5. The Balaban J connectivity index is 1.40. The zero-order valence-corrected chi connectivity index (χ0v) is 17.4. The second-order valence-corrected chi connectivity index (χ2v) is 7.19. The monoisotopic (exact) mass is 412 g/mol. The molecule has 2 aromatic carbocycles. The molecular formula is C23H28N2O5. The zero-order chi connectivity index (χ0) is 21.3. The minimum absolute atomic E-state index is 0.00977. The first kappa shape index (κ1) is 21.5. The highest BCUT2D eigenvalue weighted by Crippen LogP contribution is 2.25. The lowest BCUT2D eigenvalue weighted by molar-refractivity contribution is -0.134. The van der Waals surface area contributed by atoms with Gasteiger partial charge in [0, 0.05) is 19.1 Å². The SMILES string of the molecule is COc1ccc(CC(=O)NC2CCN(C(=O)COc3ccccc3OC)CC2)cc1. The van der Waals surface area contributed by atoms with Crippen molar-refractivity contribution in [1.82, 2.24) is 10.2 Å². The van der Waals surface area contributed by atoms with E-state index in [2.05, 4.69) is 5.32 Å². The Morgan fingerprint density at radius 1 is 0.967 bits per heavy atom. The molecule has 1 N–H and O–H groups in total. The van der Waals surface area contributed by atoms with Crippen molar-refractivity contribution in [3.63, 3.8) is 0 Å². The number of methoxy groups -OCH3 is 2. The molecule has 0 aliphatic carbocycles. The Morgan fingerprint density at radius 2 is 1.63 bits per heavy atom. The van der Waals surface area contributed by atoms with Crippen molar-refractivity contribution in [1.29, 1.82) is 0 Å². The van der Waals surface area contributed by atoms with Crippen LogP contribution in [-0.4, -0.2) is 56.7 Å². The van der Waals surface area contributed by atoms with Gasteiger partial charge < -0.3 is 24.4 Å². The van der Waals surface area contributed by atoms with E-state index in [1.165, 1.54) is 0 Å². The average Bonchev–Trinajstić information content (AvgIpc) is 2.78. The first-order valence-electron chi connectivity index (χ1n) is 10.0. The Bertz CT molecular complexity index is 845. The quantitative estimate of drug-likeness (QED) is 0.721. The summed E-state index contributed by atoms with van der Waals surface area (Å²) in [5.41, 5.74) is 0.939. The second-order valence-electron chi connectivity index (χ2n) is 7.19. The lowest BCUT2D eigenvalue weighted by Gasteiger charge is -2.32. The van der Waals surface area contributed by atoms with Gasteiger partial charge in [0.2, 0.25) is 5.91 Å². The third-order valence-corrected chi connectivity index (χ3v) is 5.16.